The van der Waals surface area contributed by atoms with Crippen molar-refractivity contribution in [3.05, 3.63) is 63.2 Å². The number of carbonyl (C=O) groups is 1. The summed E-state index contributed by atoms with van der Waals surface area (Å²) in [5, 5.41) is 13.8. The molecule has 150 valence electrons. The van der Waals surface area contributed by atoms with E-state index in [1.165, 1.54) is 19.1 Å². The zero-order valence-electron chi connectivity index (χ0n) is 16.4. The van der Waals surface area contributed by atoms with Gasteiger partial charge >= 0.3 is 0 Å². The first kappa shape index (κ1) is 21.4. The summed E-state index contributed by atoms with van der Waals surface area (Å²) in [6.07, 6.45) is 0.963. The van der Waals surface area contributed by atoms with E-state index in [0.717, 1.165) is 27.8 Å². The van der Waals surface area contributed by atoms with Gasteiger partial charge in [0, 0.05) is 17.8 Å². The number of amides is 1. The van der Waals surface area contributed by atoms with Gasteiger partial charge < -0.3 is 5.32 Å². The number of nitrogens with one attached hydrogen (secondary N) is 1. The van der Waals surface area contributed by atoms with Crippen LogP contribution in [0.5, 0.6) is 0 Å². The van der Waals surface area contributed by atoms with Crippen molar-refractivity contribution in [3.63, 3.8) is 0 Å². The van der Waals surface area contributed by atoms with E-state index in [1.807, 2.05) is 19.9 Å². The van der Waals surface area contributed by atoms with Gasteiger partial charge in [-0.2, -0.15) is 0 Å². The molecule has 0 aliphatic rings. The molecular formula is C19H23N3O5S. The number of hydrogen-bond donors (Lipinski definition) is 1. The molecule has 0 fully saturated rings. The molecule has 0 aliphatic carbocycles. The third-order valence-electron chi connectivity index (χ3n) is 4.50. The first-order chi connectivity index (χ1) is 12.9. The van der Waals surface area contributed by atoms with Gasteiger partial charge in [-0.05, 0) is 56.5 Å². The summed E-state index contributed by atoms with van der Waals surface area (Å²) in [5.41, 5.74) is 2.94. The van der Waals surface area contributed by atoms with Crippen LogP contribution in [0, 0.1) is 30.9 Å². The molecule has 9 heteroatoms. The maximum absolute atomic E-state index is 12.7. The number of benzene rings is 2. The number of sulfonamides is 1. The van der Waals surface area contributed by atoms with Crippen molar-refractivity contribution in [1.82, 2.24) is 0 Å². The van der Waals surface area contributed by atoms with E-state index in [4.69, 9.17) is 0 Å². The molecule has 0 bridgehead atoms. The van der Waals surface area contributed by atoms with Gasteiger partial charge in [-0.3, -0.25) is 19.2 Å². The maximum atomic E-state index is 12.7. The van der Waals surface area contributed by atoms with Crippen molar-refractivity contribution in [1.29, 1.82) is 0 Å². The molecule has 1 N–H and O–H groups in total. The van der Waals surface area contributed by atoms with Crippen LogP contribution < -0.4 is 9.62 Å². The Balaban J connectivity index is 2.43. The smallest absolute Gasteiger partial charge is 0.271 e. The number of aryl methyl sites for hydroxylation is 3. The quantitative estimate of drug-likeness (QED) is 0.586. The van der Waals surface area contributed by atoms with Gasteiger partial charge in [0.05, 0.1) is 16.9 Å². The molecule has 0 saturated heterocycles. The number of carbonyl (C=O) groups excluding carboxylic acids is 1. The molecule has 0 radical (unpaired) electrons. The average Bonchev–Trinajstić information content (AvgIpc) is 2.58. The van der Waals surface area contributed by atoms with Crippen LogP contribution in [-0.2, 0) is 14.8 Å². The average molecular weight is 405 g/mol. The van der Waals surface area contributed by atoms with Gasteiger partial charge in [-0.1, -0.05) is 12.1 Å². The molecule has 0 saturated carbocycles. The van der Waals surface area contributed by atoms with Crippen LogP contribution in [0.25, 0.3) is 0 Å². The molecule has 0 aliphatic heterocycles. The number of nitro benzene ring substituents is 1. The summed E-state index contributed by atoms with van der Waals surface area (Å²) >= 11 is 0. The SMILES string of the molecule is Cc1ccc(NC(=O)[C@H](C)N(c2cc([N+](=O)[O-])ccc2C)S(C)(=O)=O)cc1C. The monoisotopic (exact) mass is 405 g/mol. The first-order valence-corrected chi connectivity index (χ1v) is 10.4. The minimum absolute atomic E-state index is 0.0967. The van der Waals surface area contributed by atoms with Gasteiger partial charge in [-0.15, -0.1) is 0 Å². The van der Waals surface area contributed by atoms with Crippen molar-refractivity contribution in [3.8, 4) is 0 Å². The number of non-ortho nitro benzene ring substituents is 1. The number of hydrogen-bond acceptors (Lipinski definition) is 5. The summed E-state index contributed by atoms with van der Waals surface area (Å²) in [7, 11) is -3.88. The lowest BCUT2D eigenvalue weighted by atomic mass is 10.1. The molecule has 1 atom stereocenters. The highest BCUT2D eigenvalue weighted by atomic mass is 32.2. The van der Waals surface area contributed by atoms with Crippen LogP contribution >= 0.6 is 0 Å². The van der Waals surface area contributed by atoms with Crippen molar-refractivity contribution in [2.75, 3.05) is 15.9 Å². The molecule has 0 spiro atoms. The Bertz CT molecular complexity index is 1030. The second-order valence-electron chi connectivity index (χ2n) is 6.75. The van der Waals surface area contributed by atoms with E-state index < -0.39 is 26.9 Å². The standard InChI is InChI=1S/C19H23N3O5S/c1-12-6-8-16(10-14(12)3)20-19(23)15(4)21(28(5,26)27)18-11-17(22(24)25)9-7-13(18)2/h6-11,15H,1-5H3,(H,20,23)/t15-/m0/s1. The molecule has 2 rings (SSSR count). The van der Waals surface area contributed by atoms with E-state index in [-0.39, 0.29) is 11.4 Å². The molecule has 28 heavy (non-hydrogen) atoms. The van der Waals surface area contributed by atoms with E-state index in [1.54, 1.807) is 19.1 Å². The maximum Gasteiger partial charge on any atom is 0.271 e. The molecule has 8 nitrogen and oxygen atoms in total. The summed E-state index contributed by atoms with van der Waals surface area (Å²) in [4.78, 5) is 23.2. The molecule has 0 heterocycles. The second kappa shape index (κ2) is 7.97. The molecule has 1 amide bonds. The van der Waals surface area contributed by atoms with Gasteiger partial charge in [0.2, 0.25) is 15.9 Å². The highest BCUT2D eigenvalue weighted by Crippen LogP contribution is 2.29. The predicted octanol–water partition coefficient (Wildman–Crippen LogP) is 3.31. The number of rotatable bonds is 6. The summed E-state index contributed by atoms with van der Waals surface area (Å²) in [6, 6.07) is 8.18. The highest BCUT2D eigenvalue weighted by molar-refractivity contribution is 7.92. The second-order valence-corrected chi connectivity index (χ2v) is 8.61. The van der Waals surface area contributed by atoms with Crippen molar-refractivity contribution in [2.24, 2.45) is 0 Å². The minimum Gasteiger partial charge on any atom is -0.324 e. The molecule has 0 aromatic heterocycles. The summed E-state index contributed by atoms with van der Waals surface area (Å²) in [6.45, 7) is 6.92. The van der Waals surface area contributed by atoms with Crippen LogP contribution in [0.1, 0.15) is 23.6 Å². The van der Waals surface area contributed by atoms with Crippen LogP contribution in [-0.4, -0.2) is 31.5 Å². The summed E-state index contributed by atoms with van der Waals surface area (Å²) < 4.78 is 25.8. The predicted molar refractivity (Wildman–Crippen MR) is 109 cm³/mol. The van der Waals surface area contributed by atoms with Crippen LogP contribution in [0.3, 0.4) is 0 Å². The van der Waals surface area contributed by atoms with Crippen molar-refractivity contribution in [2.45, 2.75) is 33.7 Å². The fourth-order valence-electron chi connectivity index (χ4n) is 2.80. The lowest BCUT2D eigenvalue weighted by Gasteiger charge is -2.29. The molecule has 2 aromatic rings. The van der Waals surface area contributed by atoms with Crippen LogP contribution in [0.15, 0.2) is 36.4 Å². The van der Waals surface area contributed by atoms with E-state index >= 15 is 0 Å². The normalized spacial score (nSPS) is 12.3. The summed E-state index contributed by atoms with van der Waals surface area (Å²) in [5.74, 6) is -0.542. The topological polar surface area (TPSA) is 110 Å². The van der Waals surface area contributed by atoms with E-state index in [9.17, 15) is 23.3 Å². The van der Waals surface area contributed by atoms with Crippen molar-refractivity contribution < 1.29 is 18.1 Å². The molecule has 0 unspecified atom stereocenters. The Hall–Kier alpha value is -2.94. The Kier molecular flexibility index (Phi) is 6.08. The highest BCUT2D eigenvalue weighted by Gasteiger charge is 2.31. The van der Waals surface area contributed by atoms with E-state index in [2.05, 4.69) is 5.32 Å². The number of nitro groups is 1. The Labute approximate surface area is 164 Å². The van der Waals surface area contributed by atoms with Gasteiger partial charge in [-0.25, -0.2) is 8.42 Å². The minimum atomic E-state index is -3.88. The lowest BCUT2D eigenvalue weighted by Crippen LogP contribution is -2.45. The lowest BCUT2D eigenvalue weighted by molar-refractivity contribution is -0.384. The first-order valence-electron chi connectivity index (χ1n) is 8.54. The fraction of sp³-hybridized carbons (Fsp3) is 0.316. The van der Waals surface area contributed by atoms with Crippen LogP contribution in [0.2, 0.25) is 0 Å². The third-order valence-corrected chi connectivity index (χ3v) is 5.73. The Morgan fingerprint density at radius 1 is 1.07 bits per heavy atom. The number of nitrogens with zero attached hydrogens (tertiary/aromatic N) is 2. The zero-order chi connectivity index (χ0) is 21.2. The number of anilines is 2. The largest absolute Gasteiger partial charge is 0.324 e. The third kappa shape index (κ3) is 4.66. The van der Waals surface area contributed by atoms with Crippen LogP contribution in [0.4, 0.5) is 17.1 Å². The van der Waals surface area contributed by atoms with E-state index in [0.29, 0.717) is 11.3 Å². The van der Waals surface area contributed by atoms with Gasteiger partial charge in [0.1, 0.15) is 6.04 Å². The van der Waals surface area contributed by atoms with Gasteiger partial charge in [0.15, 0.2) is 0 Å². The van der Waals surface area contributed by atoms with Crippen molar-refractivity contribution >= 4 is 33.0 Å². The zero-order valence-corrected chi connectivity index (χ0v) is 17.2. The Morgan fingerprint density at radius 2 is 1.68 bits per heavy atom. The van der Waals surface area contributed by atoms with Gasteiger partial charge in [0.25, 0.3) is 5.69 Å². The molecule has 2 aromatic carbocycles. The Morgan fingerprint density at radius 3 is 2.21 bits per heavy atom. The fourth-order valence-corrected chi connectivity index (χ4v) is 4.02. The molecular weight excluding hydrogens is 382 g/mol.